The topological polar surface area (TPSA) is 68.5 Å². The van der Waals surface area contributed by atoms with Crippen molar-refractivity contribution in [2.75, 3.05) is 6.54 Å². The lowest BCUT2D eigenvalue weighted by atomic mass is 10.2. The Morgan fingerprint density at radius 1 is 1.50 bits per heavy atom. The first-order valence-corrected chi connectivity index (χ1v) is 6.20. The minimum atomic E-state index is -0.511. The minimum absolute atomic E-state index is 0.203. The molecular weight excluding hydrogens is 256 g/mol. The first-order chi connectivity index (χ1) is 9.46. The smallest absolute Gasteiger partial charge is 0.408 e. The van der Waals surface area contributed by atoms with Crippen LogP contribution in [0.3, 0.4) is 0 Å². The Kier molecular flexibility index (Phi) is 3.89. The number of rotatable bonds is 1. The van der Waals surface area contributed by atoms with E-state index < -0.39 is 11.7 Å². The van der Waals surface area contributed by atoms with Gasteiger partial charge in [0, 0.05) is 6.20 Å². The normalized spacial score (nSPS) is 10.8. The van der Waals surface area contributed by atoms with E-state index in [-0.39, 0.29) is 6.54 Å². The second kappa shape index (κ2) is 5.61. The van der Waals surface area contributed by atoms with Crippen LogP contribution in [0.2, 0.25) is 0 Å². The molecule has 0 aliphatic carbocycles. The van der Waals surface area contributed by atoms with Crippen molar-refractivity contribution in [3.8, 4) is 11.8 Å². The van der Waals surface area contributed by atoms with Gasteiger partial charge in [-0.05, 0) is 38.8 Å². The molecule has 0 aliphatic heterocycles. The maximum Gasteiger partial charge on any atom is 0.408 e. The van der Waals surface area contributed by atoms with Crippen LogP contribution in [0, 0.1) is 11.8 Å². The standard InChI is InChI=1S/C14H16N4O2/c1-14(2,3)20-13(19)15-8-4-6-11-10-16-12-7-5-9-17-18(11)12/h5,7,9-10H,8H2,1-3H3,(H,15,19). The third-order valence-corrected chi connectivity index (χ3v) is 2.21. The fourth-order valence-electron chi connectivity index (χ4n) is 1.48. The van der Waals surface area contributed by atoms with E-state index >= 15 is 0 Å². The second-order valence-corrected chi connectivity index (χ2v) is 5.09. The van der Waals surface area contributed by atoms with Crippen LogP contribution in [-0.2, 0) is 4.74 Å². The molecule has 1 amide bonds. The van der Waals surface area contributed by atoms with Gasteiger partial charge >= 0.3 is 6.09 Å². The summed E-state index contributed by atoms with van der Waals surface area (Å²) in [6, 6.07) is 3.65. The summed E-state index contributed by atoms with van der Waals surface area (Å²) in [6.45, 7) is 5.63. The lowest BCUT2D eigenvalue weighted by Crippen LogP contribution is -2.32. The van der Waals surface area contributed by atoms with Crippen LogP contribution in [0.4, 0.5) is 4.79 Å². The van der Waals surface area contributed by atoms with E-state index in [1.807, 2.05) is 32.9 Å². The van der Waals surface area contributed by atoms with Crippen molar-refractivity contribution in [3.63, 3.8) is 0 Å². The molecule has 0 saturated heterocycles. The number of hydrogen-bond donors (Lipinski definition) is 1. The summed E-state index contributed by atoms with van der Waals surface area (Å²) in [7, 11) is 0. The molecule has 2 rings (SSSR count). The van der Waals surface area contributed by atoms with Gasteiger partial charge < -0.3 is 10.1 Å². The maximum atomic E-state index is 11.4. The Bertz CT molecular complexity index is 674. The van der Waals surface area contributed by atoms with E-state index in [2.05, 4.69) is 27.2 Å². The van der Waals surface area contributed by atoms with E-state index in [1.165, 1.54) is 0 Å². The number of fused-ring (bicyclic) bond motifs is 1. The van der Waals surface area contributed by atoms with Crippen molar-refractivity contribution in [2.45, 2.75) is 26.4 Å². The summed E-state index contributed by atoms with van der Waals surface area (Å²) in [4.78, 5) is 15.6. The molecule has 6 heteroatoms. The van der Waals surface area contributed by atoms with E-state index in [9.17, 15) is 4.79 Å². The number of carbonyl (C=O) groups excluding carboxylic acids is 1. The first kappa shape index (κ1) is 13.9. The van der Waals surface area contributed by atoms with Gasteiger partial charge in [0.2, 0.25) is 0 Å². The van der Waals surface area contributed by atoms with Gasteiger partial charge in [-0.3, -0.25) is 0 Å². The summed E-state index contributed by atoms with van der Waals surface area (Å²) in [5, 5.41) is 6.71. The molecule has 0 atom stereocenters. The zero-order valence-corrected chi connectivity index (χ0v) is 11.7. The number of nitrogens with zero attached hydrogens (tertiary/aromatic N) is 3. The van der Waals surface area contributed by atoms with Crippen molar-refractivity contribution in [1.29, 1.82) is 0 Å². The van der Waals surface area contributed by atoms with Crippen LogP contribution >= 0.6 is 0 Å². The number of amides is 1. The highest BCUT2D eigenvalue weighted by atomic mass is 16.6. The molecule has 0 bridgehead atoms. The molecule has 0 saturated carbocycles. The van der Waals surface area contributed by atoms with Gasteiger partial charge in [-0.2, -0.15) is 5.10 Å². The van der Waals surface area contributed by atoms with Crippen molar-refractivity contribution < 1.29 is 9.53 Å². The first-order valence-electron chi connectivity index (χ1n) is 6.20. The molecule has 0 unspecified atom stereocenters. The number of nitrogens with one attached hydrogen (secondary N) is 1. The van der Waals surface area contributed by atoms with Gasteiger partial charge in [-0.15, -0.1) is 0 Å². The van der Waals surface area contributed by atoms with Crippen molar-refractivity contribution >= 4 is 11.7 Å². The Hall–Kier alpha value is -2.55. The highest BCUT2D eigenvalue weighted by Crippen LogP contribution is 2.06. The van der Waals surface area contributed by atoms with Crippen molar-refractivity contribution in [3.05, 3.63) is 30.2 Å². The Morgan fingerprint density at radius 2 is 2.30 bits per heavy atom. The highest BCUT2D eigenvalue weighted by molar-refractivity contribution is 5.68. The number of alkyl carbamates (subject to hydrolysis) is 1. The number of aromatic nitrogens is 3. The molecule has 1 N–H and O–H groups in total. The van der Waals surface area contributed by atoms with Gasteiger partial charge in [0.1, 0.15) is 11.3 Å². The van der Waals surface area contributed by atoms with Crippen molar-refractivity contribution in [2.24, 2.45) is 0 Å². The number of hydrogen-bond acceptors (Lipinski definition) is 4. The van der Waals surface area contributed by atoms with E-state index in [0.29, 0.717) is 5.69 Å². The zero-order chi connectivity index (χ0) is 14.6. The maximum absolute atomic E-state index is 11.4. The molecule has 2 aromatic heterocycles. The molecule has 20 heavy (non-hydrogen) atoms. The molecule has 0 fully saturated rings. The Balaban J connectivity index is 1.94. The summed E-state index contributed by atoms with van der Waals surface area (Å²) in [5.41, 5.74) is 0.895. The van der Waals surface area contributed by atoms with Gasteiger partial charge in [0.05, 0.1) is 12.7 Å². The van der Waals surface area contributed by atoms with Gasteiger partial charge in [0.15, 0.2) is 5.65 Å². The van der Waals surface area contributed by atoms with Crippen LogP contribution < -0.4 is 5.32 Å². The molecule has 0 spiro atoms. The van der Waals surface area contributed by atoms with E-state index in [0.717, 1.165) is 5.65 Å². The molecular formula is C14H16N4O2. The zero-order valence-electron chi connectivity index (χ0n) is 11.7. The van der Waals surface area contributed by atoms with Gasteiger partial charge in [-0.1, -0.05) is 5.92 Å². The second-order valence-electron chi connectivity index (χ2n) is 5.09. The summed E-state index contributed by atoms with van der Waals surface area (Å²) in [6.07, 6.45) is 2.82. The average Bonchev–Trinajstić information content (AvgIpc) is 2.76. The molecule has 6 nitrogen and oxygen atoms in total. The third kappa shape index (κ3) is 3.72. The van der Waals surface area contributed by atoms with Crippen LogP contribution in [0.5, 0.6) is 0 Å². The quantitative estimate of drug-likeness (QED) is 0.801. The predicted molar refractivity (Wildman–Crippen MR) is 74.1 cm³/mol. The summed E-state index contributed by atoms with van der Waals surface area (Å²) in [5.74, 6) is 5.74. The van der Waals surface area contributed by atoms with Gasteiger partial charge in [0.25, 0.3) is 0 Å². The lowest BCUT2D eigenvalue weighted by Gasteiger charge is -2.18. The fourth-order valence-corrected chi connectivity index (χ4v) is 1.48. The molecule has 2 heterocycles. The highest BCUT2D eigenvalue weighted by Gasteiger charge is 2.14. The molecule has 0 radical (unpaired) electrons. The molecule has 0 aromatic carbocycles. The number of carbonyl (C=O) groups is 1. The van der Waals surface area contributed by atoms with Crippen LogP contribution in [-0.4, -0.2) is 32.8 Å². The number of ether oxygens (including phenoxy) is 1. The lowest BCUT2D eigenvalue weighted by molar-refractivity contribution is 0.0535. The largest absolute Gasteiger partial charge is 0.444 e. The monoisotopic (exact) mass is 272 g/mol. The minimum Gasteiger partial charge on any atom is -0.444 e. The van der Waals surface area contributed by atoms with Gasteiger partial charge in [-0.25, -0.2) is 14.3 Å². The molecule has 104 valence electrons. The Morgan fingerprint density at radius 3 is 3.05 bits per heavy atom. The summed E-state index contributed by atoms with van der Waals surface area (Å²) >= 11 is 0. The van der Waals surface area contributed by atoms with Crippen LogP contribution in [0.15, 0.2) is 24.5 Å². The third-order valence-electron chi connectivity index (χ3n) is 2.21. The summed E-state index contributed by atoms with van der Waals surface area (Å²) < 4.78 is 6.74. The van der Waals surface area contributed by atoms with Crippen LogP contribution in [0.1, 0.15) is 26.5 Å². The Labute approximate surface area is 117 Å². The van der Waals surface area contributed by atoms with Crippen LogP contribution in [0.25, 0.3) is 5.65 Å². The predicted octanol–water partition coefficient (Wildman–Crippen LogP) is 1.61. The molecule has 0 aliphatic rings. The van der Waals surface area contributed by atoms with E-state index in [1.54, 1.807) is 16.9 Å². The number of imidazole rings is 1. The SMILES string of the molecule is CC(C)(C)OC(=O)NCC#Cc1cnc2cccnn12. The van der Waals surface area contributed by atoms with E-state index in [4.69, 9.17) is 4.74 Å². The fraction of sp³-hybridized carbons (Fsp3) is 0.357. The molecule has 2 aromatic rings. The van der Waals surface area contributed by atoms with Crippen molar-refractivity contribution in [1.82, 2.24) is 19.9 Å². The average molecular weight is 272 g/mol.